The monoisotopic (exact) mass is 446 g/mol. The number of hydrogen-bond donors (Lipinski definition) is 1. The Hall–Kier alpha value is -0.230. The molecule has 0 aliphatic carbocycles. The molecule has 3 atom stereocenters. The summed E-state index contributed by atoms with van der Waals surface area (Å²) in [7, 11) is 0. The van der Waals surface area contributed by atoms with E-state index in [2.05, 4.69) is 4.74 Å². The Labute approximate surface area is 137 Å². The van der Waals surface area contributed by atoms with Gasteiger partial charge in [-0.2, -0.15) is 22.0 Å². The summed E-state index contributed by atoms with van der Waals surface area (Å²) in [6, 6.07) is 0. The molecule has 1 N–H and O–H groups in total. The Bertz CT molecular complexity index is 453. The third-order valence-electron chi connectivity index (χ3n) is 3.38. The average molecular weight is 446 g/mol. The van der Waals surface area contributed by atoms with Crippen molar-refractivity contribution in [1.29, 1.82) is 0 Å². The molecule has 1 aliphatic heterocycles. The lowest BCUT2D eigenvalue weighted by atomic mass is 9.88. The molecule has 1 rings (SSSR count). The van der Waals surface area contributed by atoms with Gasteiger partial charge in [0, 0.05) is 0 Å². The first-order valence-corrected chi connectivity index (χ1v) is 7.43. The predicted molar refractivity (Wildman–Crippen MR) is 73.5 cm³/mol. The van der Waals surface area contributed by atoms with Crippen LogP contribution in [0.4, 0.5) is 22.0 Å². The molecular formula is C12H16F5IO4. The van der Waals surface area contributed by atoms with Crippen molar-refractivity contribution in [3.63, 3.8) is 0 Å². The van der Waals surface area contributed by atoms with Crippen LogP contribution >= 0.6 is 22.6 Å². The Morgan fingerprint density at radius 3 is 2.27 bits per heavy atom. The normalized spacial score (nSPS) is 34.8. The molecule has 0 aromatic carbocycles. The van der Waals surface area contributed by atoms with E-state index in [1.54, 1.807) is 29.5 Å². The van der Waals surface area contributed by atoms with Crippen LogP contribution in [0.3, 0.4) is 0 Å². The van der Waals surface area contributed by atoms with Crippen LogP contribution < -0.4 is 0 Å². The van der Waals surface area contributed by atoms with Crippen LogP contribution in [0, 0.1) is 0 Å². The van der Waals surface area contributed by atoms with Crippen LogP contribution in [0.5, 0.6) is 0 Å². The van der Waals surface area contributed by atoms with E-state index < -0.39 is 45.9 Å². The Kier molecular flexibility index (Phi) is 5.13. The second-order valence-corrected chi connectivity index (χ2v) is 8.15. The number of halogens is 6. The lowest BCUT2D eigenvalue weighted by Crippen LogP contribution is -2.62. The highest BCUT2D eigenvalue weighted by molar-refractivity contribution is 14.1. The van der Waals surface area contributed by atoms with E-state index in [1.807, 2.05) is 0 Å². The first-order valence-electron chi connectivity index (χ1n) is 6.35. The fourth-order valence-corrected chi connectivity index (χ4v) is 2.14. The molecule has 0 saturated carbocycles. The van der Waals surface area contributed by atoms with E-state index >= 15 is 0 Å². The molecule has 0 spiro atoms. The summed E-state index contributed by atoms with van der Waals surface area (Å²) in [4.78, 5) is 12.0. The van der Waals surface area contributed by atoms with Crippen molar-refractivity contribution in [3.8, 4) is 0 Å². The minimum Gasteiger partial charge on any atom is -0.458 e. The zero-order valence-corrected chi connectivity index (χ0v) is 14.2. The maximum atomic E-state index is 13.5. The molecule has 1 fully saturated rings. The van der Waals surface area contributed by atoms with Gasteiger partial charge >= 0.3 is 18.3 Å². The van der Waals surface area contributed by atoms with Gasteiger partial charge in [0.1, 0.15) is 9.02 Å². The minimum absolute atomic E-state index is 0.291. The molecule has 0 amide bonds. The van der Waals surface area contributed by atoms with E-state index in [9.17, 15) is 31.9 Å². The summed E-state index contributed by atoms with van der Waals surface area (Å²) < 4.78 is 72.7. The Morgan fingerprint density at radius 1 is 1.36 bits per heavy atom. The molecule has 130 valence electrons. The highest BCUT2D eigenvalue weighted by atomic mass is 127. The van der Waals surface area contributed by atoms with Gasteiger partial charge in [0.25, 0.3) is 5.79 Å². The van der Waals surface area contributed by atoms with Gasteiger partial charge in [0.2, 0.25) is 0 Å². The van der Waals surface area contributed by atoms with E-state index in [0.29, 0.717) is 6.42 Å². The van der Waals surface area contributed by atoms with E-state index in [1.165, 1.54) is 6.92 Å². The fraction of sp³-hybridized carbons (Fsp3) is 0.917. The molecule has 1 saturated heterocycles. The SMILES string of the molecule is CCC(C)(I)C(=O)OC1(C)CC(F)(F)OC(O)(C(F)(F)F)C1. The molecule has 4 nitrogen and oxygen atoms in total. The van der Waals surface area contributed by atoms with Gasteiger partial charge in [-0.3, -0.25) is 9.53 Å². The first-order chi connectivity index (χ1) is 9.56. The van der Waals surface area contributed by atoms with Gasteiger partial charge in [-0.25, -0.2) is 0 Å². The molecule has 1 heterocycles. The van der Waals surface area contributed by atoms with Crippen LogP contribution in [0.2, 0.25) is 0 Å². The van der Waals surface area contributed by atoms with Gasteiger partial charge < -0.3 is 9.84 Å². The standard InChI is InChI=1S/C12H16F5IO4/c1-4-9(3,18)7(19)21-8(2)5-10(20,12(15,16)17)22-11(13,14)6-8/h20H,4-6H2,1-3H3. The van der Waals surface area contributed by atoms with E-state index in [0.717, 1.165) is 6.92 Å². The van der Waals surface area contributed by atoms with E-state index in [-0.39, 0.29) is 0 Å². The average Bonchev–Trinajstić information content (AvgIpc) is 2.23. The van der Waals surface area contributed by atoms with Crippen LogP contribution in [0.25, 0.3) is 0 Å². The molecule has 3 unspecified atom stereocenters. The van der Waals surface area contributed by atoms with Crippen molar-refractivity contribution in [3.05, 3.63) is 0 Å². The summed E-state index contributed by atoms with van der Waals surface area (Å²) in [6.07, 6.45) is -12.1. The summed E-state index contributed by atoms with van der Waals surface area (Å²) in [5, 5.41) is 9.43. The lowest BCUT2D eigenvalue weighted by molar-refractivity contribution is -0.468. The number of rotatable bonds is 3. The summed E-state index contributed by atoms with van der Waals surface area (Å²) in [5.74, 6) is -5.02. The van der Waals surface area contributed by atoms with Gasteiger partial charge in [0.15, 0.2) is 0 Å². The maximum absolute atomic E-state index is 13.5. The highest BCUT2D eigenvalue weighted by Gasteiger charge is 2.68. The van der Waals surface area contributed by atoms with Gasteiger partial charge in [0.05, 0.1) is 12.8 Å². The van der Waals surface area contributed by atoms with Crippen molar-refractivity contribution in [2.75, 3.05) is 0 Å². The molecule has 10 heteroatoms. The van der Waals surface area contributed by atoms with Crippen molar-refractivity contribution >= 4 is 28.6 Å². The quantitative estimate of drug-likeness (QED) is 0.312. The van der Waals surface area contributed by atoms with Gasteiger partial charge in [-0.15, -0.1) is 0 Å². The largest absolute Gasteiger partial charge is 0.458 e. The van der Waals surface area contributed by atoms with Crippen molar-refractivity contribution in [2.45, 2.75) is 67.1 Å². The van der Waals surface area contributed by atoms with Crippen molar-refractivity contribution < 1.29 is 41.3 Å². The van der Waals surface area contributed by atoms with Crippen LogP contribution in [0.15, 0.2) is 0 Å². The number of aliphatic hydroxyl groups is 1. The number of carbonyl (C=O) groups excluding carboxylic acids is 1. The Balaban J connectivity index is 3.10. The van der Waals surface area contributed by atoms with Crippen molar-refractivity contribution in [1.82, 2.24) is 0 Å². The second-order valence-electron chi connectivity index (χ2n) is 5.77. The zero-order chi connectivity index (χ0) is 17.6. The number of alkyl halides is 6. The first kappa shape index (κ1) is 19.8. The molecule has 1 aliphatic rings. The van der Waals surface area contributed by atoms with Crippen LogP contribution in [0.1, 0.15) is 40.0 Å². The second kappa shape index (κ2) is 5.69. The summed E-state index contributed by atoms with van der Waals surface area (Å²) in [5.41, 5.74) is -2.22. The predicted octanol–water partition coefficient (Wildman–Crippen LogP) is 3.55. The maximum Gasteiger partial charge on any atom is 0.443 e. The molecular weight excluding hydrogens is 430 g/mol. The lowest BCUT2D eigenvalue weighted by Gasteiger charge is -2.46. The molecule has 0 aromatic rings. The van der Waals surface area contributed by atoms with E-state index in [4.69, 9.17) is 4.74 Å². The zero-order valence-electron chi connectivity index (χ0n) is 12.1. The van der Waals surface area contributed by atoms with Gasteiger partial charge in [-0.1, -0.05) is 29.5 Å². The van der Waals surface area contributed by atoms with Crippen molar-refractivity contribution in [2.24, 2.45) is 0 Å². The molecule has 22 heavy (non-hydrogen) atoms. The molecule has 0 radical (unpaired) electrons. The Morgan fingerprint density at radius 2 is 1.86 bits per heavy atom. The number of carbonyl (C=O) groups is 1. The van der Waals surface area contributed by atoms with Crippen LogP contribution in [-0.2, 0) is 14.3 Å². The smallest absolute Gasteiger partial charge is 0.443 e. The number of ether oxygens (including phenoxy) is 2. The number of esters is 1. The minimum atomic E-state index is -5.46. The topological polar surface area (TPSA) is 55.8 Å². The summed E-state index contributed by atoms with van der Waals surface area (Å²) >= 11 is 1.72. The van der Waals surface area contributed by atoms with Crippen LogP contribution in [-0.4, -0.2) is 38.2 Å². The third kappa shape index (κ3) is 4.19. The third-order valence-corrected chi connectivity index (χ3v) is 4.59. The number of hydrogen-bond acceptors (Lipinski definition) is 4. The molecule has 0 bridgehead atoms. The molecule has 0 aromatic heterocycles. The fourth-order valence-electron chi connectivity index (χ4n) is 2.03. The van der Waals surface area contributed by atoms with Gasteiger partial charge in [-0.05, 0) is 20.3 Å². The summed E-state index contributed by atoms with van der Waals surface area (Å²) in [6.45, 7) is 4.02. The highest BCUT2D eigenvalue weighted by Crippen LogP contribution is 2.50.